The van der Waals surface area contributed by atoms with Gasteiger partial charge in [-0.1, -0.05) is 19.4 Å². The molecule has 0 radical (unpaired) electrons. The van der Waals surface area contributed by atoms with Crippen LogP contribution >= 0.6 is 0 Å². The molecule has 0 N–H and O–H groups in total. The van der Waals surface area contributed by atoms with E-state index in [2.05, 4.69) is 16.9 Å². The van der Waals surface area contributed by atoms with Crippen molar-refractivity contribution in [3.63, 3.8) is 0 Å². The molecule has 43 heavy (non-hydrogen) atoms. The molecule has 0 spiro atoms. The maximum absolute atomic E-state index is 12.9. The predicted molar refractivity (Wildman–Crippen MR) is 159 cm³/mol. The molecule has 10 nitrogen and oxygen atoms in total. The summed E-state index contributed by atoms with van der Waals surface area (Å²) < 4.78 is 19.2. The fourth-order valence-electron chi connectivity index (χ4n) is 4.58. The highest BCUT2D eigenvalue weighted by Gasteiger charge is 2.15. The van der Waals surface area contributed by atoms with Crippen LogP contribution in [0.4, 0.5) is 11.4 Å². The zero-order valence-corrected chi connectivity index (χ0v) is 24.7. The Bertz CT molecular complexity index is 1730. The third-order valence-corrected chi connectivity index (χ3v) is 6.81. The van der Waals surface area contributed by atoms with E-state index in [1.54, 1.807) is 94.8 Å². The van der Waals surface area contributed by atoms with E-state index in [-0.39, 0.29) is 11.8 Å². The van der Waals surface area contributed by atoms with E-state index >= 15 is 0 Å². The van der Waals surface area contributed by atoms with Gasteiger partial charge < -0.3 is 19.7 Å². The van der Waals surface area contributed by atoms with Gasteiger partial charge in [0.15, 0.2) is 0 Å². The molecule has 0 fully saturated rings. The normalized spacial score (nSPS) is 12.0. The number of imidazole rings is 2. The average molecular weight is 579 g/mol. The quantitative estimate of drug-likeness (QED) is 0.135. The summed E-state index contributed by atoms with van der Waals surface area (Å²) in [6.45, 7) is 2.90. The van der Waals surface area contributed by atoms with Crippen molar-refractivity contribution in [2.75, 3.05) is 0 Å². The van der Waals surface area contributed by atoms with Crippen LogP contribution in [0.1, 0.15) is 31.4 Å². The van der Waals surface area contributed by atoms with Gasteiger partial charge in [0.1, 0.15) is 47.8 Å². The minimum Gasteiger partial charge on any atom is -0.853 e. The number of rotatable bonds is 11. The molecule has 5 aromatic rings. The molecular formula is C33H34N6O4. The highest BCUT2D eigenvalue weighted by molar-refractivity contribution is 5.88. The Morgan fingerprint density at radius 1 is 0.721 bits per heavy atom. The highest BCUT2D eigenvalue weighted by Crippen LogP contribution is 2.30. The second kappa shape index (κ2) is 13.1. The Morgan fingerprint density at radius 3 is 1.74 bits per heavy atom. The summed E-state index contributed by atoms with van der Waals surface area (Å²) >= 11 is 0. The van der Waals surface area contributed by atoms with E-state index in [1.165, 1.54) is 0 Å². The molecule has 3 aromatic carbocycles. The van der Waals surface area contributed by atoms with E-state index in [9.17, 15) is 10.2 Å². The first kappa shape index (κ1) is 29.1. The number of hydrogen-bond donors (Lipinski definition) is 0. The van der Waals surface area contributed by atoms with Gasteiger partial charge in [-0.2, -0.15) is 0 Å². The molecular weight excluding hydrogens is 544 g/mol. The monoisotopic (exact) mass is 578 g/mol. The van der Waals surface area contributed by atoms with Crippen molar-refractivity contribution in [3.05, 3.63) is 109 Å². The van der Waals surface area contributed by atoms with Gasteiger partial charge in [0.25, 0.3) is 11.6 Å². The van der Waals surface area contributed by atoms with Crippen molar-refractivity contribution in [2.45, 2.75) is 26.3 Å². The number of aromatic nitrogens is 4. The van der Waals surface area contributed by atoms with Gasteiger partial charge in [0, 0.05) is 6.07 Å². The standard InChI is InChI=1S/C33H34N6O4/c1-5-6-18-39-22-21-38(4)33(39)31(41)35-25-12-16-27(17-13-25)43-29-9-7-8-28(23-29)42-26-14-10-24(11-15-26)34-30(40)32-36(2)19-20-37(32)3/h7-17,19-23H,5-6,18H2,1-4H3. The number of aliphatic imine (C=N–C) groups is 2. The summed E-state index contributed by atoms with van der Waals surface area (Å²) in [5, 5.41) is 25.5. The summed E-state index contributed by atoms with van der Waals surface area (Å²) in [5.74, 6) is 2.79. The van der Waals surface area contributed by atoms with Gasteiger partial charge in [-0.25, -0.2) is 18.3 Å². The summed E-state index contributed by atoms with van der Waals surface area (Å²) in [4.78, 5) is 8.50. The van der Waals surface area contributed by atoms with Crippen molar-refractivity contribution < 1.29 is 28.8 Å². The molecule has 0 bridgehead atoms. The van der Waals surface area contributed by atoms with Crippen LogP contribution in [0.5, 0.6) is 23.0 Å². The molecule has 2 heterocycles. The van der Waals surface area contributed by atoms with Gasteiger partial charge in [-0.15, -0.1) is 0 Å². The molecule has 0 atom stereocenters. The maximum Gasteiger partial charge on any atom is 0.292 e. The number of ether oxygens (including phenoxy) is 2. The number of benzene rings is 3. The molecule has 0 amide bonds. The maximum atomic E-state index is 12.9. The van der Waals surface area contributed by atoms with Crippen molar-refractivity contribution in [1.29, 1.82) is 0 Å². The lowest BCUT2D eigenvalue weighted by Gasteiger charge is -2.11. The molecule has 0 aliphatic carbocycles. The first-order valence-corrected chi connectivity index (χ1v) is 14.0. The van der Waals surface area contributed by atoms with Crippen molar-refractivity contribution in [3.8, 4) is 23.0 Å². The SMILES string of the molecule is CCCCn1cc[n+](C)c1C([O-])=Nc1ccc(Oc2cccc(Oc3ccc(N=C([O-])c4n(C)cc[n+]4C)cc3)c2)cc1. The lowest BCUT2D eigenvalue weighted by molar-refractivity contribution is -0.674. The van der Waals surface area contributed by atoms with Crippen LogP contribution < -0.4 is 28.8 Å². The van der Waals surface area contributed by atoms with Crippen LogP contribution in [0.15, 0.2) is 108 Å². The fourth-order valence-corrected chi connectivity index (χ4v) is 4.58. The van der Waals surface area contributed by atoms with Gasteiger partial charge >= 0.3 is 0 Å². The van der Waals surface area contributed by atoms with Crippen LogP contribution in [0, 0.1) is 0 Å². The molecule has 0 aliphatic heterocycles. The largest absolute Gasteiger partial charge is 0.853 e. The predicted octanol–water partition coefficient (Wildman–Crippen LogP) is 3.74. The Hall–Kier alpha value is -5.38. The summed E-state index contributed by atoms with van der Waals surface area (Å²) in [7, 11) is 5.46. The Balaban J connectivity index is 1.22. The first-order valence-electron chi connectivity index (χ1n) is 14.0. The van der Waals surface area contributed by atoms with Crippen LogP contribution in [0.3, 0.4) is 0 Å². The summed E-state index contributed by atoms with van der Waals surface area (Å²) in [6, 6.07) is 21.3. The smallest absolute Gasteiger partial charge is 0.292 e. The molecule has 0 saturated carbocycles. The van der Waals surface area contributed by atoms with Crippen LogP contribution in [0.25, 0.3) is 0 Å². The van der Waals surface area contributed by atoms with Gasteiger partial charge in [0.05, 0.1) is 50.9 Å². The first-order chi connectivity index (χ1) is 20.8. The van der Waals surface area contributed by atoms with Crippen LogP contribution in [-0.4, -0.2) is 20.9 Å². The Labute approximate surface area is 250 Å². The summed E-state index contributed by atoms with van der Waals surface area (Å²) in [5.41, 5.74) is 1.08. The van der Waals surface area contributed by atoms with E-state index in [4.69, 9.17) is 9.47 Å². The van der Waals surface area contributed by atoms with Gasteiger partial charge in [-0.05, 0) is 67.1 Å². The second-order valence-electron chi connectivity index (χ2n) is 10.1. The average Bonchev–Trinajstić information content (AvgIpc) is 3.54. The van der Waals surface area contributed by atoms with Crippen molar-refractivity contribution in [1.82, 2.24) is 9.13 Å². The van der Waals surface area contributed by atoms with E-state index in [0.717, 1.165) is 19.4 Å². The number of nitrogens with zero attached hydrogens (tertiary/aromatic N) is 6. The topological polar surface area (TPSA) is 107 Å². The number of unbranched alkanes of at least 4 members (excludes halogenated alkanes) is 1. The lowest BCUT2D eigenvalue weighted by Crippen LogP contribution is -2.40. The van der Waals surface area contributed by atoms with E-state index in [0.29, 0.717) is 46.0 Å². The van der Waals surface area contributed by atoms with Crippen LogP contribution in [-0.2, 0) is 27.7 Å². The Morgan fingerprint density at radius 2 is 1.23 bits per heavy atom. The second-order valence-corrected chi connectivity index (χ2v) is 10.1. The zero-order valence-electron chi connectivity index (χ0n) is 24.7. The fraction of sp³-hybridized carbons (Fsp3) is 0.212. The summed E-state index contributed by atoms with van der Waals surface area (Å²) in [6.07, 6.45) is 9.43. The van der Waals surface area contributed by atoms with Gasteiger partial charge in [0.2, 0.25) is 0 Å². The lowest BCUT2D eigenvalue weighted by atomic mass is 10.3. The van der Waals surface area contributed by atoms with Crippen molar-refractivity contribution in [2.24, 2.45) is 31.1 Å². The van der Waals surface area contributed by atoms with Crippen molar-refractivity contribution >= 4 is 23.2 Å². The Kier molecular flexibility index (Phi) is 8.85. The van der Waals surface area contributed by atoms with E-state index in [1.807, 2.05) is 42.2 Å². The molecule has 220 valence electrons. The zero-order chi connectivity index (χ0) is 30.3. The molecule has 0 unspecified atom stereocenters. The molecule has 10 heteroatoms. The molecule has 5 rings (SSSR count). The van der Waals surface area contributed by atoms with Crippen LogP contribution in [0.2, 0.25) is 0 Å². The minimum absolute atomic E-state index is 0.291. The number of aryl methyl sites for hydroxylation is 4. The molecule has 0 aliphatic rings. The molecule has 0 saturated heterocycles. The van der Waals surface area contributed by atoms with Gasteiger partial charge in [-0.3, -0.25) is 9.98 Å². The third kappa shape index (κ3) is 7.10. The number of hydrogen-bond acceptors (Lipinski definition) is 6. The minimum atomic E-state index is -0.325. The third-order valence-electron chi connectivity index (χ3n) is 6.81. The molecule has 2 aromatic heterocycles. The highest BCUT2D eigenvalue weighted by atomic mass is 16.5. The van der Waals surface area contributed by atoms with E-state index < -0.39 is 0 Å².